The monoisotopic (exact) mass is 220 g/mol. The van der Waals surface area contributed by atoms with Crippen LogP contribution in [0.5, 0.6) is 0 Å². The van der Waals surface area contributed by atoms with Crippen molar-refractivity contribution in [2.24, 2.45) is 5.10 Å². The molecule has 0 aliphatic rings. The van der Waals surface area contributed by atoms with Crippen molar-refractivity contribution in [3.8, 4) is 0 Å². The molecule has 1 aromatic rings. The van der Waals surface area contributed by atoms with E-state index in [0.29, 0.717) is 18.1 Å². The molecule has 86 valence electrons. The van der Waals surface area contributed by atoms with Crippen molar-refractivity contribution >= 4 is 11.8 Å². The first-order valence-corrected chi connectivity index (χ1v) is 5.16. The molecule has 0 saturated heterocycles. The summed E-state index contributed by atoms with van der Waals surface area (Å²) in [6.45, 7) is 4.14. The minimum Gasteiger partial charge on any atom is -0.480 e. The smallest absolute Gasteiger partial charge is 0.273 e. The van der Waals surface area contributed by atoms with Crippen molar-refractivity contribution in [2.75, 3.05) is 13.7 Å². The molecule has 1 aromatic carbocycles. The largest absolute Gasteiger partial charge is 0.480 e. The van der Waals surface area contributed by atoms with Crippen molar-refractivity contribution in [3.05, 3.63) is 35.9 Å². The van der Waals surface area contributed by atoms with Gasteiger partial charge in [-0.2, -0.15) is 0 Å². The SMILES string of the molecule is CCO/C(C)=N/N(C)C(=O)c1ccccc1. The standard InChI is InChI=1S/C12H16N2O2/c1-4-16-10(2)13-14(3)12(15)11-8-6-5-7-9-11/h5-9H,4H2,1-3H3/b13-10+. The lowest BCUT2D eigenvalue weighted by Crippen LogP contribution is -2.23. The Balaban J connectivity index is 2.72. The highest BCUT2D eigenvalue weighted by atomic mass is 16.5. The molecule has 0 aromatic heterocycles. The Morgan fingerprint density at radius 2 is 2.00 bits per heavy atom. The maximum Gasteiger partial charge on any atom is 0.273 e. The summed E-state index contributed by atoms with van der Waals surface area (Å²) in [5, 5.41) is 5.30. The first-order valence-electron chi connectivity index (χ1n) is 5.16. The Hall–Kier alpha value is -1.84. The van der Waals surface area contributed by atoms with E-state index in [1.54, 1.807) is 26.1 Å². The van der Waals surface area contributed by atoms with E-state index in [4.69, 9.17) is 4.74 Å². The van der Waals surface area contributed by atoms with E-state index in [9.17, 15) is 4.79 Å². The van der Waals surface area contributed by atoms with Crippen LogP contribution in [-0.4, -0.2) is 30.5 Å². The molecule has 0 atom stereocenters. The molecule has 0 N–H and O–H groups in total. The predicted octanol–water partition coefficient (Wildman–Crippen LogP) is 2.13. The van der Waals surface area contributed by atoms with E-state index in [0.717, 1.165) is 0 Å². The van der Waals surface area contributed by atoms with Gasteiger partial charge in [0.25, 0.3) is 5.91 Å². The summed E-state index contributed by atoms with van der Waals surface area (Å²) >= 11 is 0. The third kappa shape index (κ3) is 3.38. The van der Waals surface area contributed by atoms with Crippen LogP contribution in [0.3, 0.4) is 0 Å². The zero-order valence-electron chi connectivity index (χ0n) is 9.80. The topological polar surface area (TPSA) is 41.9 Å². The molecule has 0 aliphatic carbocycles. The van der Waals surface area contributed by atoms with Crippen LogP contribution in [0.25, 0.3) is 0 Å². The average Bonchev–Trinajstić information content (AvgIpc) is 2.29. The van der Waals surface area contributed by atoms with Crippen molar-refractivity contribution in [1.29, 1.82) is 0 Å². The molecule has 0 unspecified atom stereocenters. The highest BCUT2D eigenvalue weighted by molar-refractivity contribution is 5.94. The van der Waals surface area contributed by atoms with Gasteiger partial charge in [-0.05, 0) is 19.1 Å². The van der Waals surface area contributed by atoms with E-state index >= 15 is 0 Å². The molecule has 1 rings (SSSR count). The van der Waals surface area contributed by atoms with Crippen molar-refractivity contribution in [3.63, 3.8) is 0 Å². The zero-order valence-corrected chi connectivity index (χ0v) is 9.80. The number of nitrogens with zero attached hydrogens (tertiary/aromatic N) is 2. The number of rotatable bonds is 3. The van der Waals surface area contributed by atoms with Crippen LogP contribution in [0.15, 0.2) is 35.4 Å². The summed E-state index contributed by atoms with van der Waals surface area (Å²) in [5.41, 5.74) is 0.609. The Labute approximate surface area is 95.5 Å². The van der Waals surface area contributed by atoms with Gasteiger partial charge in [0.1, 0.15) is 0 Å². The molecule has 0 fully saturated rings. The Kier molecular flexibility index (Phi) is 4.51. The van der Waals surface area contributed by atoms with Gasteiger partial charge in [0.2, 0.25) is 5.90 Å². The van der Waals surface area contributed by atoms with Gasteiger partial charge < -0.3 is 4.74 Å². The van der Waals surface area contributed by atoms with Gasteiger partial charge >= 0.3 is 0 Å². The second-order valence-corrected chi connectivity index (χ2v) is 3.25. The van der Waals surface area contributed by atoms with Crippen molar-refractivity contribution < 1.29 is 9.53 Å². The fraction of sp³-hybridized carbons (Fsp3) is 0.333. The number of amides is 1. The Morgan fingerprint density at radius 1 is 1.38 bits per heavy atom. The summed E-state index contributed by atoms with van der Waals surface area (Å²) in [6.07, 6.45) is 0. The molecule has 0 heterocycles. The quantitative estimate of drug-likeness (QED) is 0.445. The normalized spacial score (nSPS) is 11.1. The van der Waals surface area contributed by atoms with Gasteiger partial charge in [0, 0.05) is 19.5 Å². The van der Waals surface area contributed by atoms with Crippen LogP contribution in [0.2, 0.25) is 0 Å². The molecular formula is C12H16N2O2. The minimum atomic E-state index is -0.153. The second kappa shape index (κ2) is 5.90. The molecule has 4 nitrogen and oxygen atoms in total. The van der Waals surface area contributed by atoms with Gasteiger partial charge in [-0.3, -0.25) is 4.79 Å². The van der Waals surface area contributed by atoms with E-state index in [-0.39, 0.29) is 5.91 Å². The third-order valence-corrected chi connectivity index (χ3v) is 1.96. The van der Waals surface area contributed by atoms with Crippen molar-refractivity contribution in [2.45, 2.75) is 13.8 Å². The van der Waals surface area contributed by atoms with E-state index in [2.05, 4.69) is 5.10 Å². The van der Waals surface area contributed by atoms with Gasteiger partial charge in [-0.25, -0.2) is 5.01 Å². The lowest BCUT2D eigenvalue weighted by Gasteiger charge is -2.12. The van der Waals surface area contributed by atoms with Gasteiger partial charge in [0.05, 0.1) is 6.61 Å². The molecule has 0 spiro atoms. The Bertz CT molecular complexity index is 374. The van der Waals surface area contributed by atoms with E-state index in [1.165, 1.54) is 5.01 Å². The highest BCUT2D eigenvalue weighted by Crippen LogP contribution is 2.03. The fourth-order valence-electron chi connectivity index (χ4n) is 1.26. The number of benzene rings is 1. The number of hydrogen-bond donors (Lipinski definition) is 0. The molecule has 0 bridgehead atoms. The molecule has 4 heteroatoms. The minimum absolute atomic E-state index is 0.153. The van der Waals surface area contributed by atoms with E-state index in [1.807, 2.05) is 25.1 Å². The maximum absolute atomic E-state index is 11.8. The number of carbonyl (C=O) groups is 1. The van der Waals surface area contributed by atoms with Crippen LogP contribution in [-0.2, 0) is 4.74 Å². The molecule has 0 saturated carbocycles. The first kappa shape index (κ1) is 12.2. The first-order chi connectivity index (χ1) is 7.65. The summed E-state index contributed by atoms with van der Waals surface area (Å²) in [5.74, 6) is 0.328. The fourth-order valence-corrected chi connectivity index (χ4v) is 1.26. The van der Waals surface area contributed by atoms with Gasteiger partial charge in [0.15, 0.2) is 0 Å². The average molecular weight is 220 g/mol. The van der Waals surface area contributed by atoms with E-state index < -0.39 is 0 Å². The molecular weight excluding hydrogens is 204 g/mol. The number of carbonyl (C=O) groups excluding carboxylic acids is 1. The van der Waals surface area contributed by atoms with Crippen LogP contribution in [0.1, 0.15) is 24.2 Å². The van der Waals surface area contributed by atoms with Crippen LogP contribution in [0.4, 0.5) is 0 Å². The zero-order chi connectivity index (χ0) is 12.0. The summed E-state index contributed by atoms with van der Waals surface area (Å²) in [7, 11) is 1.61. The van der Waals surface area contributed by atoms with Crippen LogP contribution in [0, 0.1) is 0 Å². The lowest BCUT2D eigenvalue weighted by atomic mass is 10.2. The maximum atomic E-state index is 11.8. The molecule has 1 amide bonds. The van der Waals surface area contributed by atoms with Gasteiger partial charge in [-0.1, -0.05) is 18.2 Å². The number of hydrazone groups is 1. The van der Waals surface area contributed by atoms with Crippen LogP contribution < -0.4 is 0 Å². The summed E-state index contributed by atoms with van der Waals surface area (Å²) in [6, 6.07) is 9.01. The second-order valence-electron chi connectivity index (χ2n) is 3.25. The summed E-state index contributed by atoms with van der Waals surface area (Å²) < 4.78 is 5.15. The highest BCUT2D eigenvalue weighted by Gasteiger charge is 2.10. The predicted molar refractivity (Wildman–Crippen MR) is 63.3 cm³/mol. The summed E-state index contributed by atoms with van der Waals surface area (Å²) in [4.78, 5) is 11.8. The number of ether oxygens (including phenoxy) is 1. The molecule has 0 aliphatic heterocycles. The molecule has 16 heavy (non-hydrogen) atoms. The van der Waals surface area contributed by atoms with Gasteiger partial charge in [-0.15, -0.1) is 5.10 Å². The number of hydrogen-bond acceptors (Lipinski definition) is 3. The van der Waals surface area contributed by atoms with Crippen LogP contribution >= 0.6 is 0 Å². The van der Waals surface area contributed by atoms with Crippen molar-refractivity contribution in [1.82, 2.24) is 5.01 Å². The molecule has 0 radical (unpaired) electrons. The lowest BCUT2D eigenvalue weighted by molar-refractivity contribution is 0.0793. The Morgan fingerprint density at radius 3 is 2.56 bits per heavy atom. The third-order valence-electron chi connectivity index (χ3n) is 1.96.